The van der Waals surface area contributed by atoms with Gasteiger partial charge < -0.3 is 5.32 Å². The topological polar surface area (TPSA) is 12.0 Å². The highest BCUT2D eigenvalue weighted by molar-refractivity contribution is 9.11. The first kappa shape index (κ1) is 12.7. The predicted molar refractivity (Wildman–Crippen MR) is 73.9 cm³/mol. The van der Waals surface area contributed by atoms with Crippen LogP contribution in [0.4, 0.5) is 4.39 Å². The summed E-state index contributed by atoms with van der Waals surface area (Å²) in [5, 5.41) is 3.17. The van der Waals surface area contributed by atoms with Crippen molar-refractivity contribution in [2.45, 2.75) is 12.5 Å². The van der Waals surface area contributed by atoms with E-state index in [0.29, 0.717) is 0 Å². The lowest BCUT2D eigenvalue weighted by atomic mass is 10.0. The lowest BCUT2D eigenvalue weighted by molar-refractivity contribution is 0.536. The average molecular weight is 314 g/mol. The minimum Gasteiger partial charge on any atom is -0.313 e. The van der Waals surface area contributed by atoms with Crippen LogP contribution in [0.15, 0.2) is 40.2 Å². The molecule has 4 heteroatoms. The number of halogens is 2. The van der Waals surface area contributed by atoms with Gasteiger partial charge in [-0.15, -0.1) is 11.3 Å². The molecule has 2 aromatic rings. The fourth-order valence-electron chi connectivity index (χ4n) is 1.79. The van der Waals surface area contributed by atoms with Crippen LogP contribution in [0.5, 0.6) is 0 Å². The van der Waals surface area contributed by atoms with E-state index >= 15 is 0 Å². The first-order valence-electron chi connectivity index (χ1n) is 5.36. The van der Waals surface area contributed by atoms with E-state index in [1.165, 1.54) is 10.9 Å². The summed E-state index contributed by atoms with van der Waals surface area (Å²) in [6.45, 7) is 0. The van der Waals surface area contributed by atoms with Crippen LogP contribution < -0.4 is 5.32 Å². The highest BCUT2D eigenvalue weighted by atomic mass is 79.9. The summed E-state index contributed by atoms with van der Waals surface area (Å²) in [4.78, 5) is 1.24. The first-order valence-corrected chi connectivity index (χ1v) is 6.97. The van der Waals surface area contributed by atoms with Gasteiger partial charge in [0, 0.05) is 22.9 Å². The van der Waals surface area contributed by atoms with Crippen molar-refractivity contribution < 1.29 is 4.39 Å². The monoisotopic (exact) mass is 313 g/mol. The molecule has 0 saturated heterocycles. The number of nitrogens with one attached hydrogen (secondary N) is 1. The summed E-state index contributed by atoms with van der Waals surface area (Å²) in [6.07, 6.45) is 0.799. The Labute approximate surface area is 113 Å². The van der Waals surface area contributed by atoms with Crippen molar-refractivity contribution >= 4 is 27.3 Å². The molecule has 2 rings (SSSR count). The molecule has 90 valence electrons. The predicted octanol–water partition coefficient (Wildman–Crippen LogP) is 4.15. The maximum absolute atomic E-state index is 13.7. The van der Waals surface area contributed by atoms with Crippen molar-refractivity contribution in [3.8, 4) is 0 Å². The van der Waals surface area contributed by atoms with E-state index in [4.69, 9.17) is 0 Å². The number of benzene rings is 1. The molecule has 1 aromatic carbocycles. The van der Waals surface area contributed by atoms with Crippen LogP contribution in [0.1, 0.15) is 16.5 Å². The molecule has 0 amide bonds. The SMILES string of the molecule is CNC(Cc1ccc(Br)s1)c1ccccc1F. The quantitative estimate of drug-likeness (QED) is 0.894. The van der Waals surface area contributed by atoms with Crippen molar-refractivity contribution in [1.29, 1.82) is 0 Å². The number of hydrogen-bond donors (Lipinski definition) is 1. The highest BCUT2D eigenvalue weighted by Gasteiger charge is 2.14. The smallest absolute Gasteiger partial charge is 0.127 e. The molecular weight excluding hydrogens is 301 g/mol. The third kappa shape index (κ3) is 3.15. The maximum atomic E-state index is 13.7. The van der Waals surface area contributed by atoms with Crippen LogP contribution in [-0.4, -0.2) is 7.05 Å². The van der Waals surface area contributed by atoms with Gasteiger partial charge in [0.1, 0.15) is 5.82 Å². The first-order chi connectivity index (χ1) is 8.20. The molecule has 1 unspecified atom stereocenters. The van der Waals surface area contributed by atoms with Gasteiger partial charge in [-0.3, -0.25) is 0 Å². The summed E-state index contributed by atoms with van der Waals surface area (Å²) < 4.78 is 14.8. The minimum atomic E-state index is -0.150. The summed E-state index contributed by atoms with van der Waals surface area (Å²) in [5.74, 6) is -0.150. The number of rotatable bonds is 4. The Balaban J connectivity index is 2.20. The zero-order chi connectivity index (χ0) is 12.3. The fourth-order valence-corrected chi connectivity index (χ4v) is 3.32. The van der Waals surface area contributed by atoms with E-state index in [0.717, 1.165) is 15.8 Å². The van der Waals surface area contributed by atoms with Crippen molar-refractivity contribution in [3.63, 3.8) is 0 Å². The van der Waals surface area contributed by atoms with Gasteiger partial charge in [-0.05, 0) is 41.2 Å². The van der Waals surface area contributed by atoms with Gasteiger partial charge in [0.2, 0.25) is 0 Å². The molecule has 17 heavy (non-hydrogen) atoms. The van der Waals surface area contributed by atoms with E-state index in [1.807, 2.05) is 25.2 Å². The van der Waals surface area contributed by atoms with Gasteiger partial charge >= 0.3 is 0 Å². The molecule has 1 nitrogen and oxygen atoms in total. The molecule has 1 heterocycles. The second-order valence-corrected chi connectivity index (χ2v) is 6.32. The molecule has 1 N–H and O–H groups in total. The lowest BCUT2D eigenvalue weighted by Gasteiger charge is -2.16. The van der Waals surface area contributed by atoms with Crippen LogP contribution in [0.25, 0.3) is 0 Å². The Bertz CT molecular complexity index is 498. The molecule has 1 atom stereocenters. The molecule has 0 aliphatic rings. The molecule has 0 bridgehead atoms. The number of hydrogen-bond acceptors (Lipinski definition) is 2. The zero-order valence-corrected chi connectivity index (χ0v) is 11.8. The van der Waals surface area contributed by atoms with Crippen molar-refractivity contribution in [3.05, 3.63) is 56.4 Å². The summed E-state index contributed by atoms with van der Waals surface area (Å²) >= 11 is 5.12. The van der Waals surface area contributed by atoms with Crippen LogP contribution >= 0.6 is 27.3 Å². The molecular formula is C13H13BrFNS. The summed E-state index contributed by atoms with van der Waals surface area (Å²) in [5.41, 5.74) is 0.722. The third-order valence-corrected chi connectivity index (χ3v) is 4.31. The van der Waals surface area contributed by atoms with Crippen molar-refractivity contribution in [1.82, 2.24) is 5.32 Å². The summed E-state index contributed by atoms with van der Waals surface area (Å²) in [6, 6.07) is 11.0. The standard InChI is InChI=1S/C13H13BrFNS/c1-16-12(8-9-6-7-13(14)17-9)10-4-2-3-5-11(10)15/h2-7,12,16H,8H2,1H3. The van der Waals surface area contributed by atoms with Gasteiger partial charge in [-0.25, -0.2) is 4.39 Å². The van der Waals surface area contributed by atoms with E-state index in [2.05, 4.69) is 27.3 Å². The molecule has 1 aromatic heterocycles. The second-order valence-electron chi connectivity index (χ2n) is 3.77. The number of thiophene rings is 1. The average Bonchev–Trinajstić information content (AvgIpc) is 2.73. The van der Waals surface area contributed by atoms with Gasteiger partial charge in [0.15, 0.2) is 0 Å². The minimum absolute atomic E-state index is 0.0155. The van der Waals surface area contributed by atoms with E-state index in [9.17, 15) is 4.39 Å². The molecule has 0 fully saturated rings. The Hall–Kier alpha value is -0.710. The Morgan fingerprint density at radius 1 is 1.29 bits per heavy atom. The van der Waals surface area contributed by atoms with Crippen LogP contribution in [0, 0.1) is 5.82 Å². The van der Waals surface area contributed by atoms with Crippen LogP contribution in [0.3, 0.4) is 0 Å². The van der Waals surface area contributed by atoms with Gasteiger partial charge in [-0.1, -0.05) is 18.2 Å². The number of likely N-dealkylation sites (N-methyl/N-ethyl adjacent to an activating group) is 1. The Kier molecular flexibility index (Phi) is 4.31. The van der Waals surface area contributed by atoms with Crippen molar-refractivity contribution in [2.24, 2.45) is 0 Å². The summed E-state index contributed by atoms with van der Waals surface area (Å²) in [7, 11) is 1.86. The zero-order valence-electron chi connectivity index (χ0n) is 9.41. The fraction of sp³-hybridized carbons (Fsp3) is 0.231. The van der Waals surface area contributed by atoms with Gasteiger partial charge in [-0.2, -0.15) is 0 Å². The van der Waals surface area contributed by atoms with E-state index in [1.54, 1.807) is 17.4 Å². The van der Waals surface area contributed by atoms with E-state index in [-0.39, 0.29) is 11.9 Å². The third-order valence-electron chi connectivity index (χ3n) is 2.66. The van der Waals surface area contributed by atoms with Gasteiger partial charge in [0.05, 0.1) is 3.79 Å². The molecule has 0 radical (unpaired) electrons. The Morgan fingerprint density at radius 3 is 2.65 bits per heavy atom. The largest absolute Gasteiger partial charge is 0.313 e. The van der Waals surface area contributed by atoms with Crippen LogP contribution in [0.2, 0.25) is 0 Å². The Morgan fingerprint density at radius 2 is 2.06 bits per heavy atom. The molecule has 0 saturated carbocycles. The second kappa shape index (κ2) is 5.76. The highest BCUT2D eigenvalue weighted by Crippen LogP contribution is 2.27. The molecule has 0 spiro atoms. The molecule has 0 aliphatic heterocycles. The normalized spacial score (nSPS) is 12.6. The van der Waals surface area contributed by atoms with E-state index < -0.39 is 0 Å². The van der Waals surface area contributed by atoms with Crippen molar-refractivity contribution in [2.75, 3.05) is 7.05 Å². The maximum Gasteiger partial charge on any atom is 0.127 e. The molecule has 0 aliphatic carbocycles. The van der Waals surface area contributed by atoms with Gasteiger partial charge in [0.25, 0.3) is 0 Å². The van der Waals surface area contributed by atoms with Crippen LogP contribution in [-0.2, 0) is 6.42 Å². The lowest BCUT2D eigenvalue weighted by Crippen LogP contribution is -2.19.